The Morgan fingerprint density at radius 2 is 0.769 bits per heavy atom. The second-order valence-corrected chi connectivity index (χ2v) is 9.18. The van der Waals surface area contributed by atoms with Crippen molar-refractivity contribution in [3.63, 3.8) is 0 Å². The van der Waals surface area contributed by atoms with Crippen LogP contribution in [0.1, 0.15) is 70.8 Å². The fourth-order valence-electron chi connectivity index (χ4n) is 4.46. The summed E-state index contributed by atoms with van der Waals surface area (Å²) in [5.74, 6) is 0. The zero-order chi connectivity index (χ0) is 19.7. The van der Waals surface area contributed by atoms with E-state index in [0.29, 0.717) is 0 Å². The van der Waals surface area contributed by atoms with Gasteiger partial charge in [0.15, 0.2) is 0 Å². The van der Waals surface area contributed by atoms with Crippen LogP contribution in [-0.2, 0) is 5.41 Å². The third kappa shape index (κ3) is 2.40. The highest BCUT2D eigenvalue weighted by atomic mass is 14.7. The van der Waals surface area contributed by atoms with Crippen LogP contribution in [0.25, 0.3) is 21.8 Å². The van der Waals surface area contributed by atoms with Crippen molar-refractivity contribution in [1.29, 1.82) is 0 Å². The lowest BCUT2D eigenvalue weighted by Crippen LogP contribution is -2.16. The molecule has 0 aliphatic heterocycles. The first-order valence-corrected chi connectivity index (χ1v) is 9.70. The van der Waals surface area contributed by atoms with E-state index in [-0.39, 0.29) is 5.41 Å². The van der Waals surface area contributed by atoms with Gasteiger partial charge in [0, 0.05) is 10.8 Å². The standard InChI is InChI=1S/C25H33N/c1-12-14(3)18(7)23-20(16(12)5)22(25(9,10)11)21-17(6)13(2)15(4)19(8)24(21)26-23/h1-11H3. The van der Waals surface area contributed by atoms with E-state index in [1.807, 2.05) is 0 Å². The fourth-order valence-corrected chi connectivity index (χ4v) is 4.46. The van der Waals surface area contributed by atoms with Crippen LogP contribution in [0.15, 0.2) is 0 Å². The van der Waals surface area contributed by atoms with Crippen LogP contribution >= 0.6 is 0 Å². The number of rotatable bonds is 0. The van der Waals surface area contributed by atoms with Gasteiger partial charge in [0.25, 0.3) is 0 Å². The second kappa shape index (κ2) is 5.81. The summed E-state index contributed by atoms with van der Waals surface area (Å²) in [5, 5.41) is 2.74. The van der Waals surface area contributed by atoms with Crippen LogP contribution in [0.4, 0.5) is 0 Å². The van der Waals surface area contributed by atoms with Crippen molar-refractivity contribution in [3.05, 3.63) is 50.1 Å². The second-order valence-electron chi connectivity index (χ2n) is 9.18. The largest absolute Gasteiger partial charge is 0.247 e. The van der Waals surface area contributed by atoms with Gasteiger partial charge in [0.2, 0.25) is 0 Å². The molecule has 0 fully saturated rings. The van der Waals surface area contributed by atoms with Crippen molar-refractivity contribution in [2.24, 2.45) is 0 Å². The summed E-state index contributed by atoms with van der Waals surface area (Å²) < 4.78 is 0. The molecule has 1 heteroatoms. The Labute approximate surface area is 158 Å². The highest BCUT2D eigenvalue weighted by molar-refractivity contribution is 6.05. The van der Waals surface area contributed by atoms with Crippen LogP contribution in [0.5, 0.6) is 0 Å². The minimum Gasteiger partial charge on any atom is -0.247 e. The van der Waals surface area contributed by atoms with E-state index in [4.69, 9.17) is 4.98 Å². The van der Waals surface area contributed by atoms with Gasteiger partial charge in [-0.05, 0) is 111 Å². The number of benzene rings is 2. The molecule has 0 bridgehead atoms. The summed E-state index contributed by atoms with van der Waals surface area (Å²) in [7, 11) is 0. The smallest absolute Gasteiger partial charge is 0.0747 e. The van der Waals surface area contributed by atoms with Gasteiger partial charge in [-0.3, -0.25) is 0 Å². The van der Waals surface area contributed by atoms with E-state index >= 15 is 0 Å². The third-order valence-corrected chi connectivity index (χ3v) is 6.78. The molecule has 0 amide bonds. The quantitative estimate of drug-likeness (QED) is 0.393. The average molecular weight is 348 g/mol. The number of fused-ring (bicyclic) bond motifs is 2. The minimum atomic E-state index is 0.0528. The maximum atomic E-state index is 5.28. The first-order valence-electron chi connectivity index (χ1n) is 9.70. The highest BCUT2D eigenvalue weighted by Gasteiger charge is 2.27. The van der Waals surface area contributed by atoms with Crippen LogP contribution < -0.4 is 0 Å². The Kier molecular flexibility index (Phi) is 4.22. The van der Waals surface area contributed by atoms with Gasteiger partial charge >= 0.3 is 0 Å². The molecular weight excluding hydrogens is 314 g/mol. The topological polar surface area (TPSA) is 12.9 Å². The summed E-state index contributed by atoms with van der Waals surface area (Å²) >= 11 is 0. The van der Waals surface area contributed by atoms with E-state index in [9.17, 15) is 0 Å². The lowest BCUT2D eigenvalue weighted by molar-refractivity contribution is 0.600. The average Bonchev–Trinajstić information content (AvgIpc) is 2.58. The summed E-state index contributed by atoms with van der Waals surface area (Å²) in [6.45, 7) is 25.0. The van der Waals surface area contributed by atoms with Crippen molar-refractivity contribution < 1.29 is 0 Å². The van der Waals surface area contributed by atoms with Crippen LogP contribution in [0.3, 0.4) is 0 Å². The maximum absolute atomic E-state index is 5.28. The minimum absolute atomic E-state index is 0.0528. The molecule has 1 nitrogen and oxygen atoms in total. The number of hydrogen-bond acceptors (Lipinski definition) is 1. The van der Waals surface area contributed by atoms with Crippen molar-refractivity contribution >= 4 is 21.8 Å². The Morgan fingerprint density at radius 1 is 0.462 bits per heavy atom. The van der Waals surface area contributed by atoms with Crippen LogP contribution in [0, 0.1) is 55.4 Å². The van der Waals surface area contributed by atoms with Crippen LogP contribution in [0.2, 0.25) is 0 Å². The van der Waals surface area contributed by atoms with Gasteiger partial charge in [0.1, 0.15) is 0 Å². The molecule has 0 saturated heterocycles. The molecule has 1 heterocycles. The SMILES string of the molecule is Cc1c(C)c(C)c2c(C(C)(C)C)c3c(C)c(C)c(C)c(C)c3nc2c1C. The van der Waals surface area contributed by atoms with Crippen LogP contribution in [-0.4, -0.2) is 4.98 Å². The number of pyridine rings is 1. The predicted octanol–water partition coefficient (Wildman–Crippen LogP) is 7.15. The van der Waals surface area contributed by atoms with E-state index in [1.165, 1.54) is 71.9 Å². The van der Waals surface area contributed by atoms with Gasteiger partial charge < -0.3 is 0 Å². The van der Waals surface area contributed by atoms with Crippen molar-refractivity contribution in [2.75, 3.05) is 0 Å². The zero-order valence-corrected chi connectivity index (χ0v) is 18.4. The van der Waals surface area contributed by atoms with Gasteiger partial charge in [-0.2, -0.15) is 0 Å². The molecule has 138 valence electrons. The van der Waals surface area contributed by atoms with E-state index in [1.54, 1.807) is 0 Å². The van der Waals surface area contributed by atoms with E-state index in [0.717, 1.165) is 0 Å². The maximum Gasteiger partial charge on any atom is 0.0747 e. The Hall–Kier alpha value is -1.89. The summed E-state index contributed by atoms with van der Waals surface area (Å²) in [6, 6.07) is 0. The number of aromatic nitrogens is 1. The molecular formula is C25H33N. The first kappa shape index (κ1) is 18.9. The number of aryl methyl sites for hydroxylation is 4. The van der Waals surface area contributed by atoms with Gasteiger partial charge in [-0.15, -0.1) is 0 Å². The molecule has 0 saturated carbocycles. The lowest BCUT2D eigenvalue weighted by atomic mass is 9.77. The predicted molar refractivity (Wildman–Crippen MR) is 116 cm³/mol. The monoisotopic (exact) mass is 347 g/mol. The Bertz CT molecular complexity index is 998. The summed E-state index contributed by atoms with van der Waals surface area (Å²) in [6.07, 6.45) is 0. The summed E-state index contributed by atoms with van der Waals surface area (Å²) in [5.41, 5.74) is 14.9. The molecule has 0 N–H and O–H groups in total. The molecule has 1 aromatic heterocycles. The molecule has 0 aliphatic carbocycles. The van der Waals surface area contributed by atoms with E-state index in [2.05, 4.69) is 76.2 Å². The molecule has 26 heavy (non-hydrogen) atoms. The zero-order valence-electron chi connectivity index (χ0n) is 18.4. The Balaban J connectivity index is 2.83. The fraction of sp³-hybridized carbons (Fsp3) is 0.480. The first-order chi connectivity index (χ1) is 11.9. The lowest BCUT2D eigenvalue weighted by Gasteiger charge is -2.29. The normalized spacial score (nSPS) is 12.4. The summed E-state index contributed by atoms with van der Waals surface area (Å²) in [4.78, 5) is 5.28. The van der Waals surface area contributed by atoms with Crippen molar-refractivity contribution in [3.8, 4) is 0 Å². The molecule has 0 unspecified atom stereocenters. The van der Waals surface area contributed by atoms with Crippen molar-refractivity contribution in [2.45, 2.75) is 81.6 Å². The highest BCUT2D eigenvalue weighted by Crippen LogP contribution is 2.43. The van der Waals surface area contributed by atoms with Gasteiger partial charge in [-0.1, -0.05) is 20.8 Å². The number of hydrogen-bond donors (Lipinski definition) is 0. The molecule has 2 aromatic carbocycles. The Morgan fingerprint density at radius 3 is 1.08 bits per heavy atom. The molecule has 0 aliphatic rings. The van der Waals surface area contributed by atoms with Gasteiger partial charge in [-0.25, -0.2) is 4.98 Å². The number of nitrogens with zero attached hydrogens (tertiary/aromatic N) is 1. The molecule has 3 rings (SSSR count). The van der Waals surface area contributed by atoms with Gasteiger partial charge in [0.05, 0.1) is 11.0 Å². The molecule has 0 atom stereocenters. The van der Waals surface area contributed by atoms with Crippen molar-refractivity contribution in [1.82, 2.24) is 4.98 Å². The molecule has 0 radical (unpaired) electrons. The molecule has 0 spiro atoms. The third-order valence-electron chi connectivity index (χ3n) is 6.78. The van der Waals surface area contributed by atoms with E-state index < -0.39 is 0 Å². The molecule has 3 aromatic rings.